The minimum Gasteiger partial charge on any atom is -0.393 e. The average Bonchev–Trinajstić information content (AvgIpc) is 2.75. The molecule has 0 aromatic heterocycles. The van der Waals surface area contributed by atoms with Crippen molar-refractivity contribution >= 4 is 11.6 Å². The summed E-state index contributed by atoms with van der Waals surface area (Å²) in [5.41, 5.74) is 0.920. The van der Waals surface area contributed by atoms with Gasteiger partial charge in [0.1, 0.15) is 5.78 Å². The lowest BCUT2D eigenvalue weighted by molar-refractivity contribution is -0.147. The van der Waals surface area contributed by atoms with Gasteiger partial charge in [-0.3, -0.25) is 9.59 Å². The Bertz CT molecular complexity index is 577. The van der Waals surface area contributed by atoms with Crippen molar-refractivity contribution in [3.63, 3.8) is 0 Å². The Hall–Kier alpha value is -0.960. The largest absolute Gasteiger partial charge is 0.393 e. The van der Waals surface area contributed by atoms with Crippen molar-refractivity contribution in [1.29, 1.82) is 0 Å². The van der Waals surface area contributed by atoms with Crippen molar-refractivity contribution in [3.05, 3.63) is 11.6 Å². The number of aliphatic hydroxyl groups excluding tert-OH is 1. The molecule has 0 aliphatic heterocycles. The molecule has 3 fully saturated rings. The molecule has 120 valence electrons. The number of rotatable bonds is 0. The number of hydrogen-bond acceptors (Lipinski definition) is 3. The van der Waals surface area contributed by atoms with E-state index in [1.807, 2.05) is 6.08 Å². The maximum atomic E-state index is 12.4. The Morgan fingerprint density at radius 2 is 1.86 bits per heavy atom. The van der Waals surface area contributed by atoms with E-state index in [4.69, 9.17) is 0 Å². The summed E-state index contributed by atoms with van der Waals surface area (Å²) in [6.45, 7) is 4.34. The van der Waals surface area contributed by atoms with E-state index in [2.05, 4.69) is 13.8 Å². The van der Waals surface area contributed by atoms with E-state index < -0.39 is 6.10 Å². The normalized spacial score (nSPS) is 51.0. The van der Waals surface area contributed by atoms with Gasteiger partial charge in [0.15, 0.2) is 5.78 Å². The molecule has 22 heavy (non-hydrogen) atoms. The Balaban J connectivity index is 1.75. The number of fused-ring (bicyclic) bond motifs is 5. The minimum atomic E-state index is -0.407. The highest BCUT2D eigenvalue weighted by atomic mass is 16.3. The predicted molar refractivity (Wildman–Crippen MR) is 83.1 cm³/mol. The summed E-state index contributed by atoms with van der Waals surface area (Å²) < 4.78 is 0. The fourth-order valence-electron chi connectivity index (χ4n) is 6.46. The van der Waals surface area contributed by atoms with Crippen LogP contribution in [0.1, 0.15) is 58.8 Å². The molecule has 0 aromatic carbocycles. The van der Waals surface area contributed by atoms with Gasteiger partial charge < -0.3 is 5.11 Å². The van der Waals surface area contributed by atoms with Crippen LogP contribution < -0.4 is 0 Å². The lowest BCUT2D eigenvalue weighted by Gasteiger charge is -2.58. The van der Waals surface area contributed by atoms with Crippen molar-refractivity contribution < 1.29 is 14.7 Å². The highest BCUT2D eigenvalue weighted by Gasteiger charge is 2.61. The fraction of sp³-hybridized carbons (Fsp3) is 0.789. The van der Waals surface area contributed by atoms with Gasteiger partial charge in [-0.05, 0) is 61.3 Å². The van der Waals surface area contributed by atoms with Crippen LogP contribution in [0.5, 0.6) is 0 Å². The molecule has 0 radical (unpaired) electrons. The van der Waals surface area contributed by atoms with E-state index in [0.29, 0.717) is 36.9 Å². The van der Waals surface area contributed by atoms with Gasteiger partial charge in [-0.1, -0.05) is 19.4 Å². The van der Waals surface area contributed by atoms with Crippen LogP contribution >= 0.6 is 0 Å². The second kappa shape index (κ2) is 4.53. The zero-order valence-electron chi connectivity index (χ0n) is 13.6. The lowest BCUT2D eigenvalue weighted by atomic mass is 9.46. The number of hydrogen-bond donors (Lipinski definition) is 1. The predicted octanol–water partition coefficient (Wildman–Crippen LogP) is 3.06. The van der Waals surface area contributed by atoms with E-state index in [0.717, 1.165) is 25.7 Å². The van der Waals surface area contributed by atoms with Crippen LogP contribution in [0.2, 0.25) is 0 Å². The van der Waals surface area contributed by atoms with Gasteiger partial charge >= 0.3 is 0 Å². The van der Waals surface area contributed by atoms with E-state index in [1.165, 1.54) is 5.57 Å². The maximum absolute atomic E-state index is 12.4. The third kappa shape index (κ3) is 1.72. The first kappa shape index (κ1) is 14.6. The number of aliphatic hydroxyl groups is 1. The molecule has 0 unspecified atom stereocenters. The Morgan fingerprint density at radius 3 is 2.64 bits per heavy atom. The highest BCUT2D eigenvalue weighted by Crippen LogP contribution is 2.64. The first-order valence-electron chi connectivity index (χ1n) is 8.81. The number of ketones is 2. The van der Waals surface area contributed by atoms with Crippen molar-refractivity contribution in [3.8, 4) is 0 Å². The molecule has 0 aromatic rings. The van der Waals surface area contributed by atoms with E-state index in [9.17, 15) is 14.7 Å². The second-order valence-corrected chi connectivity index (χ2v) is 8.54. The summed E-state index contributed by atoms with van der Waals surface area (Å²) >= 11 is 0. The summed E-state index contributed by atoms with van der Waals surface area (Å²) in [7, 11) is 0. The summed E-state index contributed by atoms with van der Waals surface area (Å²) in [6, 6.07) is 0. The average molecular weight is 302 g/mol. The van der Waals surface area contributed by atoms with E-state index in [1.54, 1.807) is 0 Å². The first-order chi connectivity index (χ1) is 10.4. The van der Waals surface area contributed by atoms with E-state index >= 15 is 0 Å². The van der Waals surface area contributed by atoms with Crippen LogP contribution in [0.15, 0.2) is 11.6 Å². The van der Waals surface area contributed by atoms with Crippen LogP contribution in [0.3, 0.4) is 0 Å². The number of carbonyl (C=O) groups excluding carboxylic acids is 2. The van der Waals surface area contributed by atoms with Gasteiger partial charge in [0, 0.05) is 18.3 Å². The maximum Gasteiger partial charge on any atom is 0.155 e. The Kier molecular flexibility index (Phi) is 3.01. The lowest BCUT2D eigenvalue weighted by Crippen LogP contribution is -2.56. The fourth-order valence-corrected chi connectivity index (χ4v) is 6.46. The number of carbonyl (C=O) groups is 2. The monoisotopic (exact) mass is 302 g/mol. The van der Waals surface area contributed by atoms with Gasteiger partial charge in [-0.25, -0.2) is 0 Å². The summed E-state index contributed by atoms with van der Waals surface area (Å²) in [5, 5.41) is 10.9. The molecular weight excluding hydrogens is 276 g/mol. The molecule has 0 amide bonds. The van der Waals surface area contributed by atoms with Crippen molar-refractivity contribution in [2.75, 3.05) is 0 Å². The van der Waals surface area contributed by atoms with Gasteiger partial charge in [-0.2, -0.15) is 0 Å². The molecule has 0 heterocycles. The van der Waals surface area contributed by atoms with Crippen LogP contribution in [-0.4, -0.2) is 22.8 Å². The topological polar surface area (TPSA) is 54.4 Å². The molecule has 4 rings (SSSR count). The molecule has 4 aliphatic rings. The van der Waals surface area contributed by atoms with Crippen LogP contribution in [0.4, 0.5) is 0 Å². The number of allylic oxidation sites excluding steroid dienone is 1. The summed E-state index contributed by atoms with van der Waals surface area (Å²) in [5.74, 6) is 1.71. The van der Waals surface area contributed by atoms with Gasteiger partial charge in [0.05, 0.1) is 6.10 Å². The standard InChI is InChI=1S/C19H26O3/c1-18-8-7-12(20)9-11(18)3-4-13-14-5-6-16(22)19(14,2)10-15(21)17(13)18/h9,13-15,17,21H,3-8,10H2,1-2H3/t13-,14+,15+,17+,18-,19-/m0/s1. The molecule has 6 atom stereocenters. The van der Waals surface area contributed by atoms with Crippen LogP contribution in [-0.2, 0) is 9.59 Å². The molecule has 3 saturated carbocycles. The Labute approximate surface area is 132 Å². The first-order valence-corrected chi connectivity index (χ1v) is 8.81. The highest BCUT2D eigenvalue weighted by molar-refractivity contribution is 5.91. The van der Waals surface area contributed by atoms with Crippen LogP contribution in [0.25, 0.3) is 0 Å². The zero-order valence-corrected chi connectivity index (χ0v) is 13.6. The molecule has 0 spiro atoms. The summed E-state index contributed by atoms with van der Waals surface area (Å²) in [4.78, 5) is 24.2. The van der Waals surface area contributed by atoms with Gasteiger partial charge in [-0.15, -0.1) is 0 Å². The molecule has 3 nitrogen and oxygen atoms in total. The summed E-state index contributed by atoms with van der Waals surface area (Å²) in [6.07, 6.45) is 7.24. The SMILES string of the molecule is C[C@]12CCC(=O)C=C1CC[C@@H]1[C@@H]2[C@H](O)C[C@]2(C)C(=O)CC[C@H]12. The third-order valence-corrected chi connectivity index (χ3v) is 7.61. The molecular formula is C19H26O3. The van der Waals surface area contributed by atoms with Gasteiger partial charge in [0.2, 0.25) is 0 Å². The van der Waals surface area contributed by atoms with Gasteiger partial charge in [0.25, 0.3) is 0 Å². The van der Waals surface area contributed by atoms with Crippen molar-refractivity contribution in [2.24, 2.45) is 28.6 Å². The van der Waals surface area contributed by atoms with Crippen molar-refractivity contribution in [1.82, 2.24) is 0 Å². The van der Waals surface area contributed by atoms with Crippen LogP contribution in [0, 0.1) is 28.6 Å². The third-order valence-electron chi connectivity index (χ3n) is 7.61. The molecule has 0 saturated heterocycles. The molecule has 1 N–H and O–H groups in total. The second-order valence-electron chi connectivity index (χ2n) is 8.54. The molecule has 4 aliphatic carbocycles. The van der Waals surface area contributed by atoms with Crippen molar-refractivity contribution in [2.45, 2.75) is 64.9 Å². The minimum absolute atomic E-state index is 0.0385. The quantitative estimate of drug-likeness (QED) is 0.748. The van der Waals surface area contributed by atoms with E-state index in [-0.39, 0.29) is 22.5 Å². The Morgan fingerprint density at radius 1 is 1.09 bits per heavy atom. The number of Topliss-reactive ketones (excluding diaryl/α,β-unsaturated/α-hetero) is 1. The molecule has 0 bridgehead atoms. The zero-order chi connectivity index (χ0) is 15.7. The smallest absolute Gasteiger partial charge is 0.155 e. The molecule has 3 heteroatoms.